The number of hydrogen-bond donors (Lipinski definition) is 1. The molecule has 0 amide bonds. The van der Waals surface area contributed by atoms with Crippen molar-refractivity contribution in [2.75, 3.05) is 17.2 Å². The molecule has 0 aliphatic carbocycles. The first-order chi connectivity index (χ1) is 9.16. The molecule has 1 aliphatic heterocycles. The third-order valence-corrected chi connectivity index (χ3v) is 3.98. The van der Waals surface area contributed by atoms with Crippen LogP contribution < -0.4 is 10.6 Å². The number of hydrogen-bond acceptors (Lipinski definition) is 2. The molecule has 2 N–H and O–H groups in total. The fourth-order valence-electron chi connectivity index (χ4n) is 2.96. The Hall–Kier alpha value is -1.96. The Morgan fingerprint density at radius 1 is 1.05 bits per heavy atom. The van der Waals surface area contributed by atoms with Crippen LogP contribution in [0.15, 0.2) is 42.5 Å². The summed E-state index contributed by atoms with van der Waals surface area (Å²) in [5.74, 6) is 0.663. The summed E-state index contributed by atoms with van der Waals surface area (Å²) < 4.78 is 0. The Kier molecular flexibility index (Phi) is 2.94. The average Bonchev–Trinajstić information content (AvgIpc) is 2.41. The third kappa shape index (κ3) is 2.07. The number of benzene rings is 2. The van der Waals surface area contributed by atoms with Crippen LogP contribution in [0.25, 0.3) is 0 Å². The van der Waals surface area contributed by atoms with Gasteiger partial charge in [-0.1, -0.05) is 31.2 Å². The summed E-state index contributed by atoms with van der Waals surface area (Å²) >= 11 is 0. The van der Waals surface area contributed by atoms with Crippen molar-refractivity contribution in [1.82, 2.24) is 0 Å². The lowest BCUT2D eigenvalue weighted by molar-refractivity contribution is 0.562. The molecule has 2 heteroatoms. The molecule has 0 aromatic heterocycles. The molecule has 1 unspecified atom stereocenters. The van der Waals surface area contributed by atoms with Crippen LogP contribution in [0.1, 0.15) is 18.1 Å². The van der Waals surface area contributed by atoms with Gasteiger partial charge < -0.3 is 10.6 Å². The normalized spacial score (nSPS) is 18.2. The Morgan fingerprint density at radius 2 is 1.79 bits per heavy atom. The molecule has 2 aromatic rings. The van der Waals surface area contributed by atoms with Gasteiger partial charge in [0.15, 0.2) is 0 Å². The highest BCUT2D eigenvalue weighted by Crippen LogP contribution is 2.37. The first kappa shape index (κ1) is 12.1. The predicted octanol–water partition coefficient (Wildman–Crippen LogP) is 3.91. The van der Waals surface area contributed by atoms with Crippen molar-refractivity contribution in [1.29, 1.82) is 0 Å². The van der Waals surface area contributed by atoms with E-state index < -0.39 is 0 Å². The van der Waals surface area contributed by atoms with E-state index in [0.717, 1.165) is 18.7 Å². The van der Waals surface area contributed by atoms with Crippen LogP contribution in [0.5, 0.6) is 0 Å². The molecule has 98 valence electrons. The molecule has 19 heavy (non-hydrogen) atoms. The summed E-state index contributed by atoms with van der Waals surface area (Å²) in [5, 5.41) is 0. The topological polar surface area (TPSA) is 29.3 Å². The molecule has 2 nitrogen and oxygen atoms in total. The second kappa shape index (κ2) is 4.61. The van der Waals surface area contributed by atoms with Crippen LogP contribution >= 0.6 is 0 Å². The Balaban J connectivity index is 2.13. The van der Waals surface area contributed by atoms with E-state index in [1.165, 1.54) is 22.5 Å². The molecule has 0 bridgehead atoms. The van der Waals surface area contributed by atoms with E-state index in [9.17, 15) is 0 Å². The zero-order valence-electron chi connectivity index (χ0n) is 11.6. The molecule has 0 spiro atoms. The van der Waals surface area contributed by atoms with Crippen LogP contribution in [-0.2, 0) is 6.42 Å². The zero-order valence-corrected chi connectivity index (χ0v) is 11.6. The fraction of sp³-hybridized carbons (Fsp3) is 0.294. The lowest BCUT2D eigenvalue weighted by Crippen LogP contribution is -2.30. The van der Waals surface area contributed by atoms with Gasteiger partial charge in [-0.15, -0.1) is 0 Å². The van der Waals surface area contributed by atoms with E-state index in [2.05, 4.69) is 49.1 Å². The monoisotopic (exact) mass is 252 g/mol. The molecule has 0 radical (unpaired) electrons. The van der Waals surface area contributed by atoms with E-state index >= 15 is 0 Å². The summed E-state index contributed by atoms with van der Waals surface area (Å²) in [7, 11) is 0. The van der Waals surface area contributed by atoms with Gasteiger partial charge in [0, 0.05) is 23.6 Å². The molecule has 0 saturated carbocycles. The van der Waals surface area contributed by atoms with Gasteiger partial charge in [0.2, 0.25) is 0 Å². The van der Waals surface area contributed by atoms with Crippen LogP contribution in [-0.4, -0.2) is 6.54 Å². The molecular weight excluding hydrogens is 232 g/mol. The zero-order chi connectivity index (χ0) is 13.4. The summed E-state index contributed by atoms with van der Waals surface area (Å²) in [6.07, 6.45) is 1.16. The van der Waals surface area contributed by atoms with E-state index in [-0.39, 0.29) is 0 Å². The number of nitrogen functional groups attached to an aromatic ring is 1. The standard InChI is InChI=1S/C17H20N2/c1-12-10-14-6-3-4-8-17(14)19(11-12)16-9-5-7-15(18)13(16)2/h3-9,12H,10-11,18H2,1-2H3. The molecule has 1 atom stereocenters. The maximum absolute atomic E-state index is 6.06. The summed E-state index contributed by atoms with van der Waals surface area (Å²) in [4.78, 5) is 2.41. The highest BCUT2D eigenvalue weighted by atomic mass is 15.1. The van der Waals surface area contributed by atoms with Gasteiger partial charge in [-0.25, -0.2) is 0 Å². The highest BCUT2D eigenvalue weighted by Gasteiger charge is 2.23. The second-order valence-corrected chi connectivity index (χ2v) is 5.54. The van der Waals surface area contributed by atoms with E-state index in [1.54, 1.807) is 0 Å². The summed E-state index contributed by atoms with van der Waals surface area (Å²) in [6.45, 7) is 5.47. The number of fused-ring (bicyclic) bond motifs is 1. The quantitative estimate of drug-likeness (QED) is 0.780. The van der Waals surface area contributed by atoms with E-state index in [4.69, 9.17) is 5.73 Å². The van der Waals surface area contributed by atoms with Gasteiger partial charge >= 0.3 is 0 Å². The SMILES string of the molecule is Cc1c(N)cccc1N1CC(C)Cc2ccccc21. The lowest BCUT2D eigenvalue weighted by atomic mass is 9.93. The second-order valence-electron chi connectivity index (χ2n) is 5.54. The van der Waals surface area contributed by atoms with E-state index in [0.29, 0.717) is 5.92 Å². The Bertz CT molecular complexity index is 604. The largest absolute Gasteiger partial charge is 0.398 e. The first-order valence-corrected chi connectivity index (χ1v) is 6.87. The van der Waals surface area contributed by atoms with Gasteiger partial charge in [-0.05, 0) is 48.6 Å². The average molecular weight is 252 g/mol. The van der Waals surface area contributed by atoms with Crippen LogP contribution in [0.4, 0.5) is 17.1 Å². The van der Waals surface area contributed by atoms with Gasteiger partial charge in [0.05, 0.1) is 0 Å². The van der Waals surface area contributed by atoms with Gasteiger partial charge in [0.1, 0.15) is 0 Å². The van der Waals surface area contributed by atoms with Crippen molar-refractivity contribution in [2.24, 2.45) is 5.92 Å². The smallest absolute Gasteiger partial charge is 0.0461 e. The molecule has 1 heterocycles. The minimum Gasteiger partial charge on any atom is -0.398 e. The van der Waals surface area contributed by atoms with E-state index in [1.807, 2.05) is 12.1 Å². The maximum Gasteiger partial charge on any atom is 0.0461 e. The molecule has 1 aliphatic rings. The van der Waals surface area contributed by atoms with Crippen molar-refractivity contribution in [3.05, 3.63) is 53.6 Å². The minimum atomic E-state index is 0.663. The number of rotatable bonds is 1. The lowest BCUT2D eigenvalue weighted by Gasteiger charge is -2.36. The Morgan fingerprint density at radius 3 is 2.63 bits per heavy atom. The summed E-state index contributed by atoms with van der Waals surface area (Å²) in [5.41, 5.74) is 12.1. The van der Waals surface area contributed by atoms with Gasteiger partial charge in [0.25, 0.3) is 0 Å². The fourth-order valence-corrected chi connectivity index (χ4v) is 2.96. The van der Waals surface area contributed by atoms with Crippen molar-refractivity contribution in [3.63, 3.8) is 0 Å². The Labute approximate surface area is 114 Å². The summed E-state index contributed by atoms with van der Waals surface area (Å²) in [6, 6.07) is 14.9. The van der Waals surface area contributed by atoms with Crippen LogP contribution in [0.3, 0.4) is 0 Å². The van der Waals surface area contributed by atoms with Crippen LogP contribution in [0, 0.1) is 12.8 Å². The number of nitrogens with two attached hydrogens (primary N) is 1. The molecule has 0 fully saturated rings. The molecule has 0 saturated heterocycles. The predicted molar refractivity (Wildman–Crippen MR) is 81.9 cm³/mol. The van der Waals surface area contributed by atoms with Crippen molar-refractivity contribution in [2.45, 2.75) is 20.3 Å². The number of para-hydroxylation sites is 1. The number of nitrogens with zero attached hydrogens (tertiary/aromatic N) is 1. The van der Waals surface area contributed by atoms with Crippen molar-refractivity contribution >= 4 is 17.1 Å². The third-order valence-electron chi connectivity index (χ3n) is 3.98. The van der Waals surface area contributed by atoms with Crippen LogP contribution in [0.2, 0.25) is 0 Å². The highest BCUT2D eigenvalue weighted by molar-refractivity contribution is 5.74. The first-order valence-electron chi connectivity index (χ1n) is 6.87. The van der Waals surface area contributed by atoms with Crippen molar-refractivity contribution in [3.8, 4) is 0 Å². The maximum atomic E-state index is 6.06. The molecule has 3 rings (SSSR count). The van der Waals surface area contributed by atoms with Gasteiger partial charge in [-0.3, -0.25) is 0 Å². The van der Waals surface area contributed by atoms with Crippen molar-refractivity contribution < 1.29 is 0 Å². The van der Waals surface area contributed by atoms with Gasteiger partial charge in [-0.2, -0.15) is 0 Å². The number of anilines is 3. The molecular formula is C17H20N2. The molecule has 2 aromatic carbocycles. The minimum absolute atomic E-state index is 0.663.